The van der Waals surface area contributed by atoms with Crippen LogP contribution < -0.4 is 0 Å². The van der Waals surface area contributed by atoms with E-state index >= 15 is 0 Å². The van der Waals surface area contributed by atoms with Crippen LogP contribution in [0.2, 0.25) is 5.02 Å². The number of esters is 1. The van der Waals surface area contributed by atoms with Gasteiger partial charge < -0.3 is 4.74 Å². The fraction of sp³-hybridized carbons (Fsp3) is 0.0333. The number of ketones is 1. The molecule has 0 spiro atoms. The summed E-state index contributed by atoms with van der Waals surface area (Å²) < 4.78 is 5.92. The van der Waals surface area contributed by atoms with E-state index in [2.05, 4.69) is 0 Å². The summed E-state index contributed by atoms with van der Waals surface area (Å²) in [6.07, 6.45) is -1.13. The summed E-state index contributed by atoms with van der Waals surface area (Å²) >= 11 is 6.06. The maximum atomic E-state index is 13.6. The average molecular weight is 478 g/mol. The van der Waals surface area contributed by atoms with Crippen LogP contribution in [0.1, 0.15) is 32.4 Å². The number of nitrogens with zero attached hydrogens (tertiary/aromatic N) is 1. The van der Waals surface area contributed by atoms with Crippen LogP contribution in [0.25, 0.3) is 22.2 Å². The van der Waals surface area contributed by atoms with Gasteiger partial charge in [0.15, 0.2) is 6.10 Å². The van der Waals surface area contributed by atoms with Gasteiger partial charge in [0.1, 0.15) is 0 Å². The summed E-state index contributed by atoms with van der Waals surface area (Å²) in [5.41, 5.74) is 3.52. The van der Waals surface area contributed by atoms with Crippen molar-refractivity contribution in [3.8, 4) is 11.3 Å². The van der Waals surface area contributed by atoms with Gasteiger partial charge in [-0.1, -0.05) is 103 Å². The van der Waals surface area contributed by atoms with Crippen molar-refractivity contribution in [2.75, 3.05) is 0 Å². The summed E-state index contributed by atoms with van der Waals surface area (Å²) in [6, 6.07) is 34.2. The molecule has 0 amide bonds. The molecule has 5 heteroatoms. The third kappa shape index (κ3) is 4.84. The molecule has 5 rings (SSSR count). The number of halogens is 1. The van der Waals surface area contributed by atoms with Gasteiger partial charge in [0, 0.05) is 27.1 Å². The number of Topliss-reactive ketones (excluding diaryl/α,β-unsaturated/α-hetero) is 1. The van der Waals surface area contributed by atoms with E-state index in [9.17, 15) is 9.59 Å². The first-order valence-corrected chi connectivity index (χ1v) is 11.5. The molecule has 4 nitrogen and oxygen atoms in total. The summed E-state index contributed by atoms with van der Waals surface area (Å²) in [5.74, 6) is -0.923. The standard InChI is InChI=1S/C30H20ClNO3/c31-23-17-15-22(16-18-23)29(28(33)21-11-5-2-6-12-21)35-30(34)25-19-27(20-9-3-1-4-10-20)32-26-14-8-7-13-24(25)26/h1-19,29H/t29-/m0/s1. The Hall–Kier alpha value is -4.28. The van der Waals surface area contributed by atoms with E-state index in [1.54, 1.807) is 54.6 Å². The smallest absolute Gasteiger partial charge is 0.339 e. The van der Waals surface area contributed by atoms with Gasteiger partial charge >= 0.3 is 5.97 Å². The Kier molecular flexibility index (Phi) is 6.38. The Morgan fingerprint density at radius 2 is 1.37 bits per heavy atom. The number of aromatic nitrogens is 1. The van der Waals surface area contributed by atoms with Crippen LogP contribution in [0, 0.1) is 0 Å². The van der Waals surface area contributed by atoms with E-state index in [4.69, 9.17) is 21.3 Å². The van der Waals surface area contributed by atoms with Crippen LogP contribution in [0.15, 0.2) is 115 Å². The normalized spacial score (nSPS) is 11.7. The summed E-state index contributed by atoms with van der Waals surface area (Å²) in [5, 5.41) is 1.18. The predicted molar refractivity (Wildman–Crippen MR) is 138 cm³/mol. The molecule has 0 aliphatic rings. The Bertz CT molecular complexity index is 1500. The average Bonchev–Trinajstić information content (AvgIpc) is 2.92. The maximum absolute atomic E-state index is 13.6. The zero-order valence-corrected chi connectivity index (χ0v) is 19.4. The number of carbonyl (C=O) groups is 2. The number of fused-ring (bicyclic) bond motifs is 1. The van der Waals surface area contributed by atoms with E-state index in [1.807, 2.05) is 60.7 Å². The summed E-state index contributed by atoms with van der Waals surface area (Å²) in [4.78, 5) is 31.8. The number of para-hydroxylation sites is 1. The van der Waals surface area contributed by atoms with E-state index < -0.39 is 12.1 Å². The van der Waals surface area contributed by atoms with Crippen LogP contribution in [-0.4, -0.2) is 16.7 Å². The van der Waals surface area contributed by atoms with Gasteiger partial charge in [0.25, 0.3) is 0 Å². The quantitative estimate of drug-likeness (QED) is 0.190. The molecule has 0 N–H and O–H groups in total. The van der Waals surface area contributed by atoms with Crippen molar-refractivity contribution < 1.29 is 14.3 Å². The summed E-state index contributed by atoms with van der Waals surface area (Å²) in [7, 11) is 0. The molecule has 0 saturated heterocycles. The Morgan fingerprint density at radius 3 is 2.09 bits per heavy atom. The van der Waals surface area contributed by atoms with Crippen molar-refractivity contribution in [1.82, 2.24) is 4.98 Å². The number of pyridine rings is 1. The minimum atomic E-state index is -1.13. The third-order valence-electron chi connectivity index (χ3n) is 5.70. The second kappa shape index (κ2) is 9.92. The first kappa shape index (κ1) is 22.5. The molecule has 0 saturated carbocycles. The highest BCUT2D eigenvalue weighted by atomic mass is 35.5. The van der Waals surface area contributed by atoms with Crippen LogP contribution in [0.5, 0.6) is 0 Å². The fourth-order valence-corrected chi connectivity index (χ4v) is 4.06. The van der Waals surface area contributed by atoms with Crippen molar-refractivity contribution in [1.29, 1.82) is 0 Å². The van der Waals surface area contributed by atoms with Crippen molar-refractivity contribution >= 4 is 34.3 Å². The molecular weight excluding hydrogens is 458 g/mol. The highest BCUT2D eigenvalue weighted by Gasteiger charge is 2.28. The second-order valence-corrected chi connectivity index (χ2v) is 8.44. The first-order chi connectivity index (χ1) is 17.1. The molecule has 1 heterocycles. The van der Waals surface area contributed by atoms with Gasteiger partial charge in [-0.05, 0) is 24.3 Å². The molecule has 35 heavy (non-hydrogen) atoms. The largest absolute Gasteiger partial charge is 0.445 e. The first-order valence-electron chi connectivity index (χ1n) is 11.1. The fourth-order valence-electron chi connectivity index (χ4n) is 3.94. The number of hydrogen-bond acceptors (Lipinski definition) is 4. The zero-order valence-electron chi connectivity index (χ0n) is 18.6. The van der Waals surface area contributed by atoms with Gasteiger partial charge in [-0.25, -0.2) is 9.78 Å². The number of carbonyl (C=O) groups excluding carboxylic acids is 2. The zero-order chi connectivity index (χ0) is 24.2. The van der Waals surface area contributed by atoms with Crippen molar-refractivity contribution in [3.63, 3.8) is 0 Å². The highest BCUT2D eigenvalue weighted by Crippen LogP contribution is 2.29. The van der Waals surface area contributed by atoms with E-state index in [0.29, 0.717) is 38.3 Å². The molecule has 0 unspecified atom stereocenters. The molecular formula is C30H20ClNO3. The maximum Gasteiger partial charge on any atom is 0.339 e. The van der Waals surface area contributed by atoms with Crippen molar-refractivity contribution in [2.24, 2.45) is 0 Å². The Balaban J connectivity index is 1.58. The lowest BCUT2D eigenvalue weighted by atomic mass is 9.99. The van der Waals surface area contributed by atoms with Gasteiger partial charge in [0.05, 0.1) is 16.8 Å². The SMILES string of the molecule is O=C(O[C@H](C(=O)c1ccccc1)c1ccc(Cl)cc1)c1cc(-c2ccccc2)nc2ccccc12. The van der Waals surface area contributed by atoms with Crippen LogP contribution in [-0.2, 0) is 4.74 Å². The Morgan fingerprint density at radius 1 is 0.743 bits per heavy atom. The van der Waals surface area contributed by atoms with Crippen LogP contribution in [0.3, 0.4) is 0 Å². The lowest BCUT2D eigenvalue weighted by Gasteiger charge is -2.18. The van der Waals surface area contributed by atoms with Gasteiger partial charge in [-0.15, -0.1) is 0 Å². The molecule has 0 fully saturated rings. The molecule has 1 aromatic heterocycles. The second-order valence-electron chi connectivity index (χ2n) is 8.01. The number of benzene rings is 4. The van der Waals surface area contributed by atoms with E-state index in [1.165, 1.54) is 0 Å². The van der Waals surface area contributed by atoms with E-state index in [-0.39, 0.29) is 5.78 Å². The molecule has 5 aromatic rings. The molecule has 4 aromatic carbocycles. The van der Waals surface area contributed by atoms with Crippen molar-refractivity contribution in [2.45, 2.75) is 6.10 Å². The van der Waals surface area contributed by atoms with Crippen LogP contribution >= 0.6 is 11.6 Å². The minimum absolute atomic E-state index is 0.317. The van der Waals surface area contributed by atoms with E-state index in [0.717, 1.165) is 5.56 Å². The molecule has 170 valence electrons. The lowest BCUT2D eigenvalue weighted by molar-refractivity contribution is 0.0282. The third-order valence-corrected chi connectivity index (χ3v) is 5.95. The minimum Gasteiger partial charge on any atom is -0.445 e. The van der Waals surface area contributed by atoms with Gasteiger partial charge in [0.2, 0.25) is 5.78 Å². The monoisotopic (exact) mass is 477 g/mol. The Labute approximate surface area is 207 Å². The number of ether oxygens (including phenoxy) is 1. The van der Waals surface area contributed by atoms with Crippen molar-refractivity contribution in [3.05, 3.63) is 137 Å². The van der Waals surface area contributed by atoms with Gasteiger partial charge in [-0.2, -0.15) is 0 Å². The molecule has 0 radical (unpaired) electrons. The highest BCUT2D eigenvalue weighted by molar-refractivity contribution is 6.30. The predicted octanol–water partition coefficient (Wildman–Crippen LogP) is 7.34. The van der Waals surface area contributed by atoms with Crippen LogP contribution in [0.4, 0.5) is 0 Å². The lowest BCUT2D eigenvalue weighted by Crippen LogP contribution is -2.20. The van der Waals surface area contributed by atoms with Gasteiger partial charge in [-0.3, -0.25) is 4.79 Å². The molecule has 0 aliphatic heterocycles. The summed E-state index contributed by atoms with van der Waals surface area (Å²) in [6.45, 7) is 0. The molecule has 0 bridgehead atoms. The molecule has 0 aliphatic carbocycles. The molecule has 1 atom stereocenters. The topological polar surface area (TPSA) is 56.3 Å². The number of hydrogen-bond donors (Lipinski definition) is 0. The number of rotatable bonds is 6.